The van der Waals surface area contributed by atoms with Gasteiger partial charge in [-0.15, -0.1) is 5.10 Å². The minimum atomic E-state index is -4.45. The molecule has 2 N–H and O–H groups in total. The lowest BCUT2D eigenvalue weighted by Crippen LogP contribution is -2.47. The van der Waals surface area contributed by atoms with Gasteiger partial charge in [-0.1, -0.05) is 0 Å². The van der Waals surface area contributed by atoms with Crippen molar-refractivity contribution in [3.63, 3.8) is 0 Å². The average Bonchev–Trinajstić information content (AvgIpc) is 3.10. The number of alkyl halides is 3. The van der Waals surface area contributed by atoms with Crippen LogP contribution in [0.4, 0.5) is 13.2 Å². The van der Waals surface area contributed by atoms with Crippen LogP contribution in [0.5, 0.6) is 0 Å². The number of hydrogen-bond acceptors (Lipinski definition) is 5. The molecule has 2 aromatic rings. The molecule has 2 heterocycles. The summed E-state index contributed by atoms with van der Waals surface area (Å²) >= 11 is 0. The van der Waals surface area contributed by atoms with Crippen molar-refractivity contribution in [3.8, 4) is 11.4 Å². The fourth-order valence-corrected chi connectivity index (χ4v) is 2.87. The van der Waals surface area contributed by atoms with Crippen LogP contribution >= 0.6 is 0 Å². The van der Waals surface area contributed by atoms with E-state index in [0.717, 1.165) is 12.1 Å². The number of amides is 1. The van der Waals surface area contributed by atoms with E-state index in [0.29, 0.717) is 31.5 Å². The van der Waals surface area contributed by atoms with Gasteiger partial charge in [0, 0.05) is 30.9 Å². The molecule has 7 nitrogen and oxygen atoms in total. The van der Waals surface area contributed by atoms with Crippen LogP contribution in [0.25, 0.3) is 17.6 Å². The molecule has 1 aliphatic rings. The zero-order valence-corrected chi connectivity index (χ0v) is 15.1. The van der Waals surface area contributed by atoms with Gasteiger partial charge in [-0.25, -0.2) is 14.7 Å². The predicted octanol–water partition coefficient (Wildman–Crippen LogP) is 2.23. The standard InChI is InChI=1S/C18H20F3N5O2/c1-12-8-13(10-14(9-12)18(19,20)21)17-22-11-26(24-17)7-4-16(28)23-25-5-2-15(27)3-6-25/h4,7-11,15,27H,2-3,5-6H2,1H3,(H,23,28)/b7-4-. The number of benzene rings is 1. The quantitative estimate of drug-likeness (QED) is 0.776. The van der Waals surface area contributed by atoms with Crippen molar-refractivity contribution in [2.24, 2.45) is 0 Å². The molecular formula is C18H20F3N5O2. The lowest BCUT2D eigenvalue weighted by Gasteiger charge is -2.29. The molecule has 150 valence electrons. The second kappa shape index (κ2) is 8.11. The molecule has 0 saturated carbocycles. The third-order valence-corrected chi connectivity index (χ3v) is 4.28. The van der Waals surface area contributed by atoms with Crippen molar-refractivity contribution in [1.82, 2.24) is 25.2 Å². The summed E-state index contributed by atoms with van der Waals surface area (Å²) in [6.07, 6.45) is 0.320. The monoisotopic (exact) mass is 395 g/mol. The Kier molecular flexibility index (Phi) is 5.80. The van der Waals surface area contributed by atoms with Gasteiger partial charge >= 0.3 is 6.18 Å². The summed E-state index contributed by atoms with van der Waals surface area (Å²) in [5, 5.41) is 15.3. The van der Waals surface area contributed by atoms with Crippen LogP contribution in [0.15, 0.2) is 30.6 Å². The molecule has 1 aliphatic heterocycles. The minimum Gasteiger partial charge on any atom is -0.393 e. The normalized spacial score (nSPS) is 16.6. The molecule has 1 amide bonds. The van der Waals surface area contributed by atoms with Crippen molar-refractivity contribution in [1.29, 1.82) is 0 Å². The molecule has 1 aromatic carbocycles. The predicted molar refractivity (Wildman–Crippen MR) is 95.5 cm³/mol. The van der Waals surface area contributed by atoms with Crippen molar-refractivity contribution in [2.75, 3.05) is 13.1 Å². The van der Waals surface area contributed by atoms with Gasteiger partial charge in [-0.05, 0) is 43.5 Å². The van der Waals surface area contributed by atoms with E-state index in [1.165, 1.54) is 23.3 Å². The number of hydrazine groups is 1. The number of carbonyl (C=O) groups excluding carboxylic acids is 1. The van der Waals surface area contributed by atoms with Crippen LogP contribution in [-0.4, -0.2) is 50.0 Å². The number of halogens is 3. The van der Waals surface area contributed by atoms with Gasteiger partial charge < -0.3 is 5.11 Å². The number of aromatic nitrogens is 3. The van der Waals surface area contributed by atoms with Crippen molar-refractivity contribution < 1.29 is 23.1 Å². The van der Waals surface area contributed by atoms with Gasteiger partial charge in [0.1, 0.15) is 6.33 Å². The van der Waals surface area contributed by atoms with E-state index in [2.05, 4.69) is 15.5 Å². The summed E-state index contributed by atoms with van der Waals surface area (Å²) in [6, 6.07) is 3.62. The molecule has 0 bridgehead atoms. The Hall–Kier alpha value is -2.72. The number of nitrogens with zero attached hydrogens (tertiary/aromatic N) is 4. The highest BCUT2D eigenvalue weighted by molar-refractivity contribution is 5.89. The van der Waals surface area contributed by atoms with Crippen LogP contribution in [0.1, 0.15) is 24.0 Å². The van der Waals surface area contributed by atoms with E-state index in [1.54, 1.807) is 18.0 Å². The van der Waals surface area contributed by atoms with Crippen LogP contribution in [0.2, 0.25) is 0 Å². The van der Waals surface area contributed by atoms with Crippen molar-refractivity contribution >= 4 is 12.1 Å². The highest BCUT2D eigenvalue weighted by Crippen LogP contribution is 2.32. The zero-order valence-electron chi connectivity index (χ0n) is 15.1. The Morgan fingerprint density at radius 3 is 2.68 bits per heavy atom. The maximum absolute atomic E-state index is 13.0. The topological polar surface area (TPSA) is 83.3 Å². The number of aliphatic hydroxyl groups excluding tert-OH is 1. The second-order valence-corrected chi connectivity index (χ2v) is 6.64. The van der Waals surface area contributed by atoms with E-state index in [4.69, 9.17) is 0 Å². The summed E-state index contributed by atoms with van der Waals surface area (Å²) in [7, 11) is 0. The van der Waals surface area contributed by atoms with Crippen LogP contribution in [0.3, 0.4) is 0 Å². The number of piperidine rings is 1. The maximum Gasteiger partial charge on any atom is 0.416 e. The summed E-state index contributed by atoms with van der Waals surface area (Å²) < 4.78 is 40.2. The summed E-state index contributed by atoms with van der Waals surface area (Å²) in [4.78, 5) is 16.0. The lowest BCUT2D eigenvalue weighted by molar-refractivity contribution is -0.137. The third kappa shape index (κ3) is 5.17. The SMILES string of the molecule is Cc1cc(-c2ncn(/C=C\C(=O)NN3CCC(O)CC3)n2)cc(C(F)(F)F)c1. The first-order chi connectivity index (χ1) is 13.2. The Morgan fingerprint density at radius 2 is 2.00 bits per heavy atom. The molecular weight excluding hydrogens is 375 g/mol. The molecule has 10 heteroatoms. The fraction of sp³-hybridized carbons (Fsp3) is 0.389. The Bertz CT molecular complexity index is 870. The van der Waals surface area contributed by atoms with Gasteiger partial charge in [0.05, 0.1) is 11.7 Å². The third-order valence-electron chi connectivity index (χ3n) is 4.28. The Morgan fingerprint density at radius 1 is 1.29 bits per heavy atom. The van der Waals surface area contributed by atoms with Crippen LogP contribution in [-0.2, 0) is 11.0 Å². The molecule has 0 atom stereocenters. The molecule has 0 aliphatic carbocycles. The summed E-state index contributed by atoms with van der Waals surface area (Å²) in [6.45, 7) is 2.69. The van der Waals surface area contributed by atoms with E-state index in [1.807, 2.05) is 0 Å². The summed E-state index contributed by atoms with van der Waals surface area (Å²) in [5.74, 6) is -0.243. The molecule has 0 unspecified atom stereocenters. The van der Waals surface area contributed by atoms with Crippen molar-refractivity contribution in [2.45, 2.75) is 32.0 Å². The smallest absolute Gasteiger partial charge is 0.393 e. The minimum absolute atomic E-state index is 0.129. The Labute approximate surface area is 159 Å². The molecule has 1 aromatic heterocycles. The molecule has 1 saturated heterocycles. The van der Waals surface area contributed by atoms with E-state index in [9.17, 15) is 23.1 Å². The second-order valence-electron chi connectivity index (χ2n) is 6.64. The highest BCUT2D eigenvalue weighted by atomic mass is 19.4. The molecule has 0 radical (unpaired) electrons. The lowest BCUT2D eigenvalue weighted by atomic mass is 10.1. The highest BCUT2D eigenvalue weighted by Gasteiger charge is 2.31. The average molecular weight is 395 g/mol. The maximum atomic E-state index is 13.0. The number of aryl methyl sites for hydroxylation is 1. The number of nitrogens with one attached hydrogen (secondary N) is 1. The number of carbonyl (C=O) groups is 1. The van der Waals surface area contributed by atoms with Gasteiger partial charge in [0.25, 0.3) is 5.91 Å². The van der Waals surface area contributed by atoms with Crippen LogP contribution < -0.4 is 5.43 Å². The number of hydrogen-bond donors (Lipinski definition) is 2. The van der Waals surface area contributed by atoms with Gasteiger partial charge in [-0.2, -0.15) is 13.2 Å². The first kappa shape index (κ1) is 20.0. The van der Waals surface area contributed by atoms with Gasteiger partial charge in [0.2, 0.25) is 0 Å². The fourth-order valence-electron chi connectivity index (χ4n) is 2.87. The first-order valence-corrected chi connectivity index (χ1v) is 8.73. The largest absolute Gasteiger partial charge is 0.416 e. The van der Waals surface area contributed by atoms with E-state index >= 15 is 0 Å². The zero-order chi connectivity index (χ0) is 20.3. The molecule has 0 spiro atoms. The van der Waals surface area contributed by atoms with Crippen LogP contribution in [0, 0.1) is 6.92 Å². The van der Waals surface area contributed by atoms with Gasteiger partial charge in [-0.3, -0.25) is 10.2 Å². The number of aliphatic hydroxyl groups is 1. The van der Waals surface area contributed by atoms with E-state index in [-0.39, 0.29) is 23.4 Å². The first-order valence-electron chi connectivity index (χ1n) is 8.73. The number of rotatable bonds is 4. The Balaban J connectivity index is 1.66. The molecule has 28 heavy (non-hydrogen) atoms. The van der Waals surface area contributed by atoms with Gasteiger partial charge in [0.15, 0.2) is 5.82 Å². The molecule has 1 fully saturated rings. The molecule has 3 rings (SSSR count). The van der Waals surface area contributed by atoms with Crippen molar-refractivity contribution in [3.05, 3.63) is 41.7 Å². The summed E-state index contributed by atoms with van der Waals surface area (Å²) in [5.41, 5.74) is 2.62. The van der Waals surface area contributed by atoms with E-state index < -0.39 is 11.7 Å².